The molecule has 4 aliphatic rings. The van der Waals surface area contributed by atoms with Gasteiger partial charge in [-0.25, -0.2) is 9.59 Å². The average molecular weight is 444 g/mol. The van der Waals surface area contributed by atoms with Gasteiger partial charge in [-0.2, -0.15) is 0 Å². The summed E-state index contributed by atoms with van der Waals surface area (Å²) in [6.07, 6.45) is -7.68. The van der Waals surface area contributed by atoms with Crippen LogP contribution in [0.5, 0.6) is 0 Å². The molecule has 11 nitrogen and oxygen atoms in total. The Morgan fingerprint density at radius 2 is 1.74 bits per heavy atom. The van der Waals surface area contributed by atoms with Gasteiger partial charge in [0.15, 0.2) is 12.4 Å². The number of hydrogen-bond acceptors (Lipinski definition) is 9. The van der Waals surface area contributed by atoms with Crippen molar-refractivity contribution in [2.45, 2.75) is 76.3 Å². The average Bonchev–Trinajstić information content (AvgIpc) is 3.22. The fraction of sp³-hybridized carbons (Fsp3) is 0.850. The van der Waals surface area contributed by atoms with E-state index in [1.165, 1.54) is 0 Å². The topological polar surface area (TPSA) is 191 Å². The van der Waals surface area contributed by atoms with Crippen molar-refractivity contribution in [3.05, 3.63) is 0 Å². The smallest absolute Gasteiger partial charge is 0.342 e. The minimum Gasteiger partial charge on any atom is -0.481 e. The molecule has 1 spiro atoms. The summed E-state index contributed by atoms with van der Waals surface area (Å²) in [6.45, 7) is 6.37. The highest BCUT2D eigenvalue weighted by molar-refractivity contribution is 5.91. The molecule has 0 aromatic rings. The molecular formula is C20H28O11. The van der Waals surface area contributed by atoms with Crippen LogP contribution in [0.3, 0.4) is 0 Å². The molecule has 2 saturated carbocycles. The minimum absolute atomic E-state index is 0.0337. The number of hydrogen-bond donors (Lipinski definition) is 6. The molecule has 2 saturated heterocycles. The summed E-state index contributed by atoms with van der Waals surface area (Å²) in [5, 5.41) is 64.1. The van der Waals surface area contributed by atoms with Crippen LogP contribution < -0.4 is 0 Å². The van der Waals surface area contributed by atoms with Crippen molar-refractivity contribution in [3.8, 4) is 0 Å². The van der Waals surface area contributed by atoms with Crippen LogP contribution in [0, 0.1) is 28.1 Å². The van der Waals surface area contributed by atoms with E-state index in [9.17, 15) is 45.0 Å². The van der Waals surface area contributed by atoms with Crippen LogP contribution >= 0.6 is 0 Å². The van der Waals surface area contributed by atoms with E-state index in [1.807, 2.05) is 0 Å². The third-order valence-electron chi connectivity index (χ3n) is 8.56. The highest BCUT2D eigenvalue weighted by Gasteiger charge is 2.98. The zero-order chi connectivity index (χ0) is 23.5. The van der Waals surface area contributed by atoms with E-state index >= 15 is 0 Å². The van der Waals surface area contributed by atoms with Gasteiger partial charge in [-0.05, 0) is 31.1 Å². The maximum Gasteiger partial charge on any atom is 0.342 e. The van der Waals surface area contributed by atoms with Crippen molar-refractivity contribution in [2.75, 3.05) is 0 Å². The maximum absolute atomic E-state index is 13.2. The van der Waals surface area contributed by atoms with Gasteiger partial charge in [-0.15, -0.1) is 0 Å². The van der Waals surface area contributed by atoms with Crippen LogP contribution in [0.4, 0.5) is 0 Å². The monoisotopic (exact) mass is 444 g/mol. The summed E-state index contributed by atoms with van der Waals surface area (Å²) in [6, 6.07) is 0. The van der Waals surface area contributed by atoms with E-state index < -0.39 is 88.2 Å². The van der Waals surface area contributed by atoms with Crippen LogP contribution in [0.2, 0.25) is 0 Å². The van der Waals surface area contributed by atoms with Crippen molar-refractivity contribution in [1.29, 1.82) is 0 Å². The number of aliphatic carboxylic acids is 2. The summed E-state index contributed by atoms with van der Waals surface area (Å²) in [4.78, 5) is 37.1. The predicted molar refractivity (Wildman–Crippen MR) is 98.1 cm³/mol. The van der Waals surface area contributed by atoms with Gasteiger partial charge < -0.3 is 40.1 Å². The summed E-state index contributed by atoms with van der Waals surface area (Å²) in [5.74, 6) is -6.93. The Labute approximate surface area is 177 Å². The summed E-state index contributed by atoms with van der Waals surface area (Å²) >= 11 is 0. The molecule has 174 valence electrons. The number of carbonyl (C=O) groups excluding carboxylic acids is 1. The summed E-state index contributed by atoms with van der Waals surface area (Å²) in [5.41, 5.74) is -9.97. The first-order valence-corrected chi connectivity index (χ1v) is 10.2. The zero-order valence-corrected chi connectivity index (χ0v) is 17.6. The van der Waals surface area contributed by atoms with Gasteiger partial charge in [0.25, 0.3) is 0 Å². The molecule has 0 aromatic heterocycles. The first kappa shape index (κ1) is 22.4. The van der Waals surface area contributed by atoms with E-state index in [0.29, 0.717) is 0 Å². The molecule has 0 amide bonds. The maximum atomic E-state index is 13.2. The quantitative estimate of drug-likeness (QED) is 0.282. The Morgan fingerprint density at radius 3 is 2.23 bits per heavy atom. The lowest BCUT2D eigenvalue weighted by Gasteiger charge is -2.49. The molecule has 2 aliphatic carbocycles. The third kappa shape index (κ3) is 1.97. The van der Waals surface area contributed by atoms with Crippen LogP contribution in [-0.4, -0.2) is 84.4 Å². The van der Waals surface area contributed by atoms with E-state index in [4.69, 9.17) is 9.47 Å². The molecule has 6 N–H and O–H groups in total. The number of aliphatic hydroxyl groups is 4. The number of ether oxygens (including phenoxy) is 2. The molecule has 31 heavy (non-hydrogen) atoms. The standard InChI is InChI=1S/C20H28O11/c1-7(12(23)24)19(29)9(21)6-17-10-5-8(16(2,3)4)18(17,11(22)13(25)26)14(27)31-20(17,19)15(28)30-10/h7-11,14,21-22,27,29H,5-6H2,1-4H3,(H,23,24)(H,25,26)/t7-,8+,9+,10-,11+,14+,17-,18+,19-,20-/m1/s1. The van der Waals surface area contributed by atoms with Crippen LogP contribution in [-0.2, 0) is 23.9 Å². The Hall–Kier alpha value is -1.79. The van der Waals surface area contributed by atoms with Gasteiger partial charge in [-0.3, -0.25) is 4.79 Å². The van der Waals surface area contributed by atoms with E-state index in [2.05, 4.69) is 0 Å². The molecule has 4 rings (SSSR count). The number of carboxylic acids is 2. The number of esters is 1. The van der Waals surface area contributed by atoms with Crippen LogP contribution in [0.15, 0.2) is 0 Å². The van der Waals surface area contributed by atoms with Gasteiger partial charge in [-0.1, -0.05) is 20.8 Å². The van der Waals surface area contributed by atoms with E-state index in [0.717, 1.165) is 6.92 Å². The van der Waals surface area contributed by atoms with Crippen molar-refractivity contribution < 1.29 is 54.5 Å². The van der Waals surface area contributed by atoms with Gasteiger partial charge >= 0.3 is 17.9 Å². The normalized spacial score (nSPS) is 50.0. The highest BCUT2D eigenvalue weighted by Crippen LogP contribution is 2.82. The number of aliphatic hydroxyl groups excluding tert-OH is 3. The zero-order valence-electron chi connectivity index (χ0n) is 17.6. The lowest BCUT2D eigenvalue weighted by Crippen LogP contribution is -2.68. The summed E-state index contributed by atoms with van der Waals surface area (Å²) in [7, 11) is 0. The third-order valence-corrected chi connectivity index (χ3v) is 8.56. The molecule has 0 unspecified atom stereocenters. The molecule has 0 aromatic carbocycles. The van der Waals surface area contributed by atoms with Gasteiger partial charge in [0.1, 0.15) is 11.7 Å². The fourth-order valence-corrected chi connectivity index (χ4v) is 7.47. The lowest BCUT2D eigenvalue weighted by molar-refractivity contribution is -0.261. The molecule has 4 fully saturated rings. The molecule has 0 bridgehead atoms. The fourth-order valence-electron chi connectivity index (χ4n) is 7.47. The molecular weight excluding hydrogens is 416 g/mol. The first-order valence-electron chi connectivity index (χ1n) is 10.2. The van der Waals surface area contributed by atoms with Crippen molar-refractivity contribution in [2.24, 2.45) is 28.1 Å². The first-order chi connectivity index (χ1) is 14.1. The second kappa shape index (κ2) is 5.96. The molecule has 2 aliphatic heterocycles. The number of carbonyl (C=O) groups is 3. The van der Waals surface area contributed by atoms with Gasteiger partial charge in [0.05, 0.1) is 22.9 Å². The summed E-state index contributed by atoms with van der Waals surface area (Å²) < 4.78 is 11.2. The van der Waals surface area contributed by atoms with E-state index in [-0.39, 0.29) is 6.42 Å². The predicted octanol–water partition coefficient (Wildman–Crippen LogP) is -1.30. The van der Waals surface area contributed by atoms with Gasteiger partial charge in [0.2, 0.25) is 5.60 Å². The lowest BCUT2D eigenvalue weighted by atomic mass is 9.51. The van der Waals surface area contributed by atoms with E-state index in [1.54, 1.807) is 20.8 Å². The Kier molecular flexibility index (Phi) is 4.31. The number of rotatable bonds is 4. The second-order valence-corrected chi connectivity index (χ2v) is 10.4. The Bertz CT molecular complexity index is 866. The largest absolute Gasteiger partial charge is 0.481 e. The van der Waals surface area contributed by atoms with Crippen molar-refractivity contribution >= 4 is 17.9 Å². The van der Waals surface area contributed by atoms with Crippen LogP contribution in [0.25, 0.3) is 0 Å². The Morgan fingerprint density at radius 1 is 1.16 bits per heavy atom. The van der Waals surface area contributed by atoms with Crippen molar-refractivity contribution in [3.63, 3.8) is 0 Å². The molecule has 0 radical (unpaired) electrons. The highest BCUT2D eigenvalue weighted by atomic mass is 16.7. The second-order valence-electron chi connectivity index (χ2n) is 10.4. The van der Waals surface area contributed by atoms with Gasteiger partial charge in [0, 0.05) is 0 Å². The molecule has 10 atom stereocenters. The van der Waals surface area contributed by atoms with Crippen LogP contribution in [0.1, 0.15) is 40.5 Å². The van der Waals surface area contributed by atoms with Crippen molar-refractivity contribution in [1.82, 2.24) is 0 Å². The number of carboxylic acid groups (broad SMARTS) is 2. The molecule has 11 heteroatoms. The SMILES string of the molecule is C[C@H](C(=O)O)[C@@]1(O)[C@@H](O)C[C@@]23[C@H]4C[C@@H](C(C)(C)C)[C@]2([C@@H](O)C(=O)O)[C@@H](O)O[C@@]13C(=O)O4. The Balaban J connectivity index is 2.10. The minimum atomic E-state index is -2.74. The molecule has 2 heterocycles.